The summed E-state index contributed by atoms with van der Waals surface area (Å²) in [5, 5.41) is 0. The second kappa shape index (κ2) is 9.39. The van der Waals surface area contributed by atoms with Gasteiger partial charge in [-0.3, -0.25) is 0 Å². The van der Waals surface area contributed by atoms with E-state index in [-0.39, 0.29) is 0 Å². The molecule has 148 valence electrons. The summed E-state index contributed by atoms with van der Waals surface area (Å²) in [7, 11) is 0. The third kappa shape index (κ3) is 3.09. The Morgan fingerprint density at radius 1 is 0.655 bits per heavy atom. The van der Waals surface area contributed by atoms with Crippen molar-refractivity contribution in [3.63, 3.8) is 0 Å². The van der Waals surface area contributed by atoms with E-state index in [0.29, 0.717) is 0 Å². The Hall–Kier alpha value is -3.12. The maximum Gasteiger partial charge on any atom is 0.0688 e. The van der Waals surface area contributed by atoms with Gasteiger partial charge >= 0.3 is 0 Å². The van der Waals surface area contributed by atoms with Gasteiger partial charge in [0.2, 0.25) is 0 Å². The molecule has 1 unspecified atom stereocenters. The Kier molecular flexibility index (Phi) is 7.18. The number of rotatable bonds is 9. The molecule has 0 N–H and O–H groups in total. The molecule has 1 spiro atoms. The highest BCUT2D eigenvalue weighted by Crippen LogP contribution is 2.64. The number of hydrogen-bond acceptors (Lipinski definition) is 0. The van der Waals surface area contributed by atoms with Gasteiger partial charge in [0, 0.05) is 0 Å². The first-order chi connectivity index (χ1) is 14.1. The van der Waals surface area contributed by atoms with E-state index >= 15 is 0 Å². The summed E-state index contributed by atoms with van der Waals surface area (Å²) in [6.45, 7) is 26.8. The summed E-state index contributed by atoms with van der Waals surface area (Å²) >= 11 is 0. The molecule has 2 aliphatic rings. The largest absolute Gasteiger partial charge is 0.0991 e. The van der Waals surface area contributed by atoms with Gasteiger partial charge in [-0.1, -0.05) is 107 Å². The van der Waals surface area contributed by atoms with Crippen molar-refractivity contribution >= 4 is 0 Å². The minimum absolute atomic E-state index is 0.437. The van der Waals surface area contributed by atoms with Crippen molar-refractivity contribution in [2.45, 2.75) is 27.2 Å². The van der Waals surface area contributed by atoms with E-state index in [4.69, 9.17) is 0 Å². The number of hydrogen-bond donors (Lipinski definition) is 0. The lowest BCUT2D eigenvalue weighted by Crippen LogP contribution is -2.26. The fraction of sp³-hybridized carbons (Fsp3) is 0.172. The summed E-state index contributed by atoms with van der Waals surface area (Å²) in [6, 6.07) is 0. The average molecular weight is 381 g/mol. The molecule has 0 heteroatoms. The Labute approximate surface area is 177 Å². The lowest BCUT2D eigenvalue weighted by atomic mass is 9.66. The van der Waals surface area contributed by atoms with Crippen molar-refractivity contribution in [2.24, 2.45) is 5.41 Å². The van der Waals surface area contributed by atoms with Crippen LogP contribution < -0.4 is 0 Å². The Morgan fingerprint density at radius 3 is 1.66 bits per heavy atom. The van der Waals surface area contributed by atoms with E-state index in [9.17, 15) is 0 Å². The molecule has 0 saturated carbocycles. The molecule has 0 bridgehead atoms. The highest BCUT2D eigenvalue weighted by molar-refractivity contribution is 5.81. The monoisotopic (exact) mass is 380 g/mol. The van der Waals surface area contributed by atoms with Crippen LogP contribution >= 0.6 is 0 Å². The zero-order valence-electron chi connectivity index (χ0n) is 18.1. The van der Waals surface area contributed by atoms with Crippen molar-refractivity contribution in [2.75, 3.05) is 0 Å². The average Bonchev–Trinajstić information content (AvgIpc) is 3.15. The van der Waals surface area contributed by atoms with Gasteiger partial charge in [-0.25, -0.2) is 0 Å². The van der Waals surface area contributed by atoms with Gasteiger partial charge in [0.25, 0.3) is 0 Å². The second-order valence-corrected chi connectivity index (χ2v) is 6.89. The van der Waals surface area contributed by atoms with Crippen LogP contribution in [0.1, 0.15) is 27.2 Å². The van der Waals surface area contributed by atoms with E-state index in [1.807, 2.05) is 43.4 Å². The maximum atomic E-state index is 4.22. The summed E-state index contributed by atoms with van der Waals surface area (Å²) in [5.74, 6) is 0. The quantitative estimate of drug-likeness (QED) is 0.353. The molecule has 2 aliphatic carbocycles. The van der Waals surface area contributed by atoms with E-state index in [1.165, 1.54) is 22.3 Å². The van der Waals surface area contributed by atoms with E-state index in [2.05, 4.69) is 77.1 Å². The molecule has 0 heterocycles. The molecule has 0 saturated heterocycles. The SMILES string of the molecule is C=C/C=C\C1=C(C=C)C(C=C)=C(CC)C12C(C=C)=C(/C=C\C)C(C=C)=C2/C=C\C. The summed E-state index contributed by atoms with van der Waals surface area (Å²) in [6.07, 6.45) is 23.3. The van der Waals surface area contributed by atoms with Crippen molar-refractivity contribution in [3.8, 4) is 0 Å². The van der Waals surface area contributed by atoms with Gasteiger partial charge in [0.05, 0.1) is 5.41 Å². The molecule has 0 aromatic heterocycles. The molecule has 0 amide bonds. The van der Waals surface area contributed by atoms with Crippen LogP contribution in [0.5, 0.6) is 0 Å². The van der Waals surface area contributed by atoms with Crippen molar-refractivity contribution in [1.29, 1.82) is 0 Å². The highest BCUT2D eigenvalue weighted by Gasteiger charge is 2.52. The van der Waals surface area contributed by atoms with Crippen LogP contribution in [0.2, 0.25) is 0 Å². The first-order valence-corrected chi connectivity index (χ1v) is 10.1. The highest BCUT2D eigenvalue weighted by atomic mass is 14.5. The molecule has 0 aliphatic heterocycles. The smallest absolute Gasteiger partial charge is 0.0688 e. The zero-order chi connectivity index (χ0) is 21.6. The maximum absolute atomic E-state index is 4.22. The van der Waals surface area contributed by atoms with Crippen LogP contribution in [0.4, 0.5) is 0 Å². The third-order valence-corrected chi connectivity index (χ3v) is 5.68. The van der Waals surface area contributed by atoms with Gasteiger partial charge in [-0.05, 0) is 64.9 Å². The van der Waals surface area contributed by atoms with Crippen molar-refractivity contribution < 1.29 is 0 Å². The predicted octanol–water partition coefficient (Wildman–Crippen LogP) is 8.23. The van der Waals surface area contributed by atoms with E-state index < -0.39 is 5.41 Å². The van der Waals surface area contributed by atoms with Crippen LogP contribution in [-0.4, -0.2) is 0 Å². The molecule has 0 nitrogen and oxygen atoms in total. The van der Waals surface area contributed by atoms with Crippen molar-refractivity contribution in [3.05, 3.63) is 144 Å². The van der Waals surface area contributed by atoms with Gasteiger partial charge in [0.15, 0.2) is 0 Å². The van der Waals surface area contributed by atoms with E-state index in [0.717, 1.165) is 28.7 Å². The lowest BCUT2D eigenvalue weighted by Gasteiger charge is -2.35. The fourth-order valence-corrected chi connectivity index (χ4v) is 4.83. The second-order valence-electron chi connectivity index (χ2n) is 6.89. The number of allylic oxidation sites excluding steroid dienone is 19. The Bertz CT molecular complexity index is 973. The molecule has 1 atom stereocenters. The van der Waals surface area contributed by atoms with Crippen LogP contribution in [0.3, 0.4) is 0 Å². The standard InChI is InChI=1S/C29H32/c1-9-17-20-28-22(13-5)21(12-4)25(15-7)29(28)26(16-8)24(18-10-2)23(14-6)27(29)19-11-3/h9-14,16-20H,1,4-6,8,15H2,2-3,7H3/b18-10-,19-11-,20-17-. The Balaban J connectivity index is 3.23. The van der Waals surface area contributed by atoms with E-state index in [1.54, 1.807) is 0 Å². The predicted molar refractivity (Wildman–Crippen MR) is 131 cm³/mol. The molecule has 0 aromatic carbocycles. The van der Waals surface area contributed by atoms with Gasteiger partial charge in [-0.15, -0.1) is 0 Å². The minimum Gasteiger partial charge on any atom is -0.0991 e. The Morgan fingerprint density at radius 2 is 1.21 bits per heavy atom. The minimum atomic E-state index is -0.437. The summed E-state index contributed by atoms with van der Waals surface area (Å²) in [5.41, 5.74) is 9.02. The fourth-order valence-electron chi connectivity index (χ4n) is 4.83. The first-order valence-electron chi connectivity index (χ1n) is 10.1. The van der Waals surface area contributed by atoms with Crippen LogP contribution in [-0.2, 0) is 0 Å². The molecule has 0 radical (unpaired) electrons. The van der Waals surface area contributed by atoms with Crippen LogP contribution in [0.25, 0.3) is 0 Å². The topological polar surface area (TPSA) is 0 Å². The molecule has 29 heavy (non-hydrogen) atoms. The molecular formula is C29H32. The molecule has 0 aromatic rings. The first kappa shape index (κ1) is 22.2. The zero-order valence-corrected chi connectivity index (χ0v) is 18.1. The normalized spacial score (nSPS) is 22.3. The summed E-state index contributed by atoms with van der Waals surface area (Å²) < 4.78 is 0. The summed E-state index contributed by atoms with van der Waals surface area (Å²) in [4.78, 5) is 0. The van der Waals surface area contributed by atoms with Crippen LogP contribution in [0, 0.1) is 5.41 Å². The lowest BCUT2D eigenvalue weighted by molar-refractivity contribution is 0.648. The molecule has 2 rings (SSSR count). The van der Waals surface area contributed by atoms with Gasteiger partial charge in [0.1, 0.15) is 0 Å². The van der Waals surface area contributed by atoms with Crippen LogP contribution in [0.15, 0.2) is 144 Å². The third-order valence-electron chi connectivity index (χ3n) is 5.68. The van der Waals surface area contributed by atoms with Gasteiger partial charge < -0.3 is 0 Å². The molecule has 0 fully saturated rings. The van der Waals surface area contributed by atoms with Crippen molar-refractivity contribution in [1.82, 2.24) is 0 Å². The molecular weight excluding hydrogens is 348 g/mol. The van der Waals surface area contributed by atoms with Gasteiger partial charge in [-0.2, -0.15) is 0 Å².